The predicted molar refractivity (Wildman–Crippen MR) is 94.4 cm³/mol. The summed E-state index contributed by atoms with van der Waals surface area (Å²) in [6, 6.07) is 5.79. The highest BCUT2D eigenvalue weighted by Crippen LogP contribution is 2.35. The van der Waals surface area contributed by atoms with Crippen molar-refractivity contribution in [3.05, 3.63) is 68.0 Å². The van der Waals surface area contributed by atoms with Crippen LogP contribution < -0.4 is 11.2 Å². The van der Waals surface area contributed by atoms with Gasteiger partial charge in [0.05, 0.1) is 16.5 Å². The lowest BCUT2D eigenvalue weighted by atomic mass is 9.96. The fourth-order valence-electron chi connectivity index (χ4n) is 2.78. The number of rotatable bonds is 2. The van der Waals surface area contributed by atoms with Crippen molar-refractivity contribution in [2.24, 2.45) is 14.1 Å². The molecule has 0 bridgehead atoms. The van der Waals surface area contributed by atoms with Gasteiger partial charge in [-0.2, -0.15) is 13.2 Å². The fraction of sp³-hybridized carbons (Fsp3) is 0.176. The SMILES string of the molecule is Cn1c(=O)c2c(C(=O)c3ccccc3S)c(C(F)(F)F)cnc2n(C)c1=O. The zero-order chi connectivity index (χ0) is 20.1. The quantitative estimate of drug-likeness (QED) is 0.533. The maximum absolute atomic E-state index is 13.6. The minimum absolute atomic E-state index is 0.102. The van der Waals surface area contributed by atoms with Crippen LogP contribution in [0.4, 0.5) is 13.2 Å². The highest BCUT2D eigenvalue weighted by molar-refractivity contribution is 7.80. The molecule has 0 N–H and O–H groups in total. The molecule has 140 valence electrons. The molecule has 2 aromatic heterocycles. The number of alkyl halides is 3. The Morgan fingerprint density at radius 2 is 1.74 bits per heavy atom. The lowest BCUT2D eigenvalue weighted by Crippen LogP contribution is -2.38. The number of aryl methyl sites for hydroxylation is 1. The highest BCUT2D eigenvalue weighted by atomic mass is 32.1. The Morgan fingerprint density at radius 1 is 1.11 bits per heavy atom. The lowest BCUT2D eigenvalue weighted by molar-refractivity contribution is -0.138. The van der Waals surface area contributed by atoms with Gasteiger partial charge < -0.3 is 0 Å². The van der Waals surface area contributed by atoms with Crippen molar-refractivity contribution in [2.45, 2.75) is 11.1 Å². The van der Waals surface area contributed by atoms with Gasteiger partial charge in [-0.25, -0.2) is 9.78 Å². The molecule has 0 fully saturated rings. The summed E-state index contributed by atoms with van der Waals surface area (Å²) in [5.41, 5.74) is -4.43. The second-order valence-electron chi connectivity index (χ2n) is 5.80. The van der Waals surface area contributed by atoms with Gasteiger partial charge in [-0.15, -0.1) is 12.6 Å². The van der Waals surface area contributed by atoms with E-state index in [0.29, 0.717) is 10.8 Å². The lowest BCUT2D eigenvalue weighted by Gasteiger charge is -2.16. The number of carbonyl (C=O) groups is 1. The molecule has 3 rings (SSSR count). The summed E-state index contributed by atoms with van der Waals surface area (Å²) < 4.78 is 42.3. The first kappa shape index (κ1) is 18.9. The Morgan fingerprint density at radius 3 is 2.33 bits per heavy atom. The largest absolute Gasteiger partial charge is 0.418 e. The Bertz CT molecular complexity index is 1210. The first-order valence-electron chi connectivity index (χ1n) is 7.54. The summed E-state index contributed by atoms with van der Waals surface area (Å²) in [7, 11) is 2.37. The van der Waals surface area contributed by atoms with E-state index in [-0.39, 0.29) is 16.1 Å². The second-order valence-corrected chi connectivity index (χ2v) is 6.28. The molecule has 0 unspecified atom stereocenters. The van der Waals surface area contributed by atoms with Crippen molar-refractivity contribution in [3.63, 3.8) is 0 Å². The third-order valence-corrected chi connectivity index (χ3v) is 4.54. The zero-order valence-corrected chi connectivity index (χ0v) is 14.9. The summed E-state index contributed by atoms with van der Waals surface area (Å²) >= 11 is 4.12. The molecule has 0 saturated heterocycles. The molecule has 0 aliphatic carbocycles. The number of thiol groups is 1. The van der Waals surface area contributed by atoms with Crippen LogP contribution in [-0.2, 0) is 20.3 Å². The first-order chi connectivity index (χ1) is 12.6. The number of nitrogens with zero attached hydrogens (tertiary/aromatic N) is 3. The number of hydrogen-bond acceptors (Lipinski definition) is 5. The molecule has 6 nitrogen and oxygen atoms in total. The van der Waals surface area contributed by atoms with Gasteiger partial charge in [0, 0.05) is 30.8 Å². The van der Waals surface area contributed by atoms with Crippen LogP contribution >= 0.6 is 12.6 Å². The van der Waals surface area contributed by atoms with Crippen LogP contribution in [0.25, 0.3) is 11.0 Å². The average Bonchev–Trinajstić information content (AvgIpc) is 2.62. The Hall–Kier alpha value is -2.88. The highest BCUT2D eigenvalue weighted by Gasteiger charge is 2.38. The van der Waals surface area contributed by atoms with Crippen molar-refractivity contribution in [1.82, 2.24) is 14.1 Å². The Balaban J connectivity index is 2.56. The van der Waals surface area contributed by atoms with Gasteiger partial charge in [0.1, 0.15) is 5.65 Å². The Labute approximate surface area is 155 Å². The van der Waals surface area contributed by atoms with Crippen molar-refractivity contribution in [3.8, 4) is 0 Å². The molecule has 0 saturated carbocycles. The number of carbonyl (C=O) groups excluding carboxylic acids is 1. The molecule has 1 aromatic carbocycles. The standard InChI is InChI=1S/C17H12F3N3O3S/c1-22-14-12(15(25)23(2)16(22)26)11(9(7-21-14)17(18,19)20)13(24)8-5-3-4-6-10(8)27/h3-7,27H,1-2H3. The summed E-state index contributed by atoms with van der Waals surface area (Å²) in [6.45, 7) is 0. The second kappa shape index (κ2) is 6.38. The summed E-state index contributed by atoms with van der Waals surface area (Å²) in [4.78, 5) is 41.4. The minimum Gasteiger partial charge on any atom is -0.289 e. The average molecular weight is 395 g/mol. The van der Waals surface area contributed by atoms with Crippen LogP contribution in [0.15, 0.2) is 44.9 Å². The van der Waals surface area contributed by atoms with Gasteiger partial charge in [0.25, 0.3) is 5.56 Å². The van der Waals surface area contributed by atoms with Gasteiger partial charge in [-0.1, -0.05) is 12.1 Å². The third kappa shape index (κ3) is 2.95. The molecule has 0 radical (unpaired) electrons. The predicted octanol–water partition coefficient (Wildman–Crippen LogP) is 2.17. The first-order valence-corrected chi connectivity index (χ1v) is 7.99. The molecular weight excluding hydrogens is 383 g/mol. The maximum Gasteiger partial charge on any atom is 0.418 e. The molecule has 0 atom stereocenters. The van der Waals surface area contributed by atoms with E-state index >= 15 is 0 Å². The molecule has 0 aliphatic heterocycles. The van der Waals surface area contributed by atoms with Crippen LogP contribution in [0.2, 0.25) is 0 Å². The van der Waals surface area contributed by atoms with Crippen LogP contribution in [0.1, 0.15) is 21.5 Å². The topological polar surface area (TPSA) is 74.0 Å². The van der Waals surface area contributed by atoms with E-state index in [2.05, 4.69) is 17.6 Å². The van der Waals surface area contributed by atoms with Gasteiger partial charge in [0.2, 0.25) is 0 Å². The molecule has 3 aromatic rings. The number of benzene rings is 1. The number of aromatic nitrogens is 3. The number of fused-ring (bicyclic) bond motifs is 1. The normalized spacial score (nSPS) is 11.8. The van der Waals surface area contributed by atoms with Gasteiger partial charge in [0.15, 0.2) is 5.78 Å². The molecule has 0 aliphatic rings. The van der Waals surface area contributed by atoms with Crippen molar-refractivity contribution >= 4 is 29.4 Å². The molecule has 2 heterocycles. The van der Waals surface area contributed by atoms with E-state index in [9.17, 15) is 27.6 Å². The van der Waals surface area contributed by atoms with Crippen LogP contribution in [0, 0.1) is 0 Å². The van der Waals surface area contributed by atoms with Crippen molar-refractivity contribution < 1.29 is 18.0 Å². The molecule has 10 heteroatoms. The maximum atomic E-state index is 13.6. The smallest absolute Gasteiger partial charge is 0.289 e. The summed E-state index contributed by atoms with van der Waals surface area (Å²) in [5.74, 6) is -1.03. The molecule has 0 amide bonds. The monoisotopic (exact) mass is 395 g/mol. The van der Waals surface area contributed by atoms with Crippen molar-refractivity contribution in [2.75, 3.05) is 0 Å². The van der Waals surface area contributed by atoms with E-state index in [1.807, 2.05) is 0 Å². The van der Waals surface area contributed by atoms with E-state index in [1.54, 1.807) is 6.07 Å². The van der Waals surface area contributed by atoms with Crippen LogP contribution in [-0.4, -0.2) is 19.9 Å². The number of halogens is 3. The molecule has 0 spiro atoms. The summed E-state index contributed by atoms with van der Waals surface area (Å²) in [6.07, 6.45) is -4.48. The third-order valence-electron chi connectivity index (χ3n) is 4.15. The van der Waals surface area contributed by atoms with E-state index in [4.69, 9.17) is 0 Å². The number of pyridine rings is 1. The van der Waals surface area contributed by atoms with Gasteiger partial charge in [-0.05, 0) is 12.1 Å². The minimum atomic E-state index is -4.93. The van der Waals surface area contributed by atoms with Crippen molar-refractivity contribution in [1.29, 1.82) is 0 Å². The zero-order valence-electron chi connectivity index (χ0n) is 14.0. The molecule has 27 heavy (non-hydrogen) atoms. The van der Waals surface area contributed by atoms with Crippen LogP contribution in [0.5, 0.6) is 0 Å². The van der Waals surface area contributed by atoms with E-state index in [0.717, 1.165) is 11.6 Å². The van der Waals surface area contributed by atoms with E-state index < -0.39 is 39.7 Å². The number of ketones is 1. The van der Waals surface area contributed by atoms with Gasteiger partial charge in [-0.3, -0.25) is 18.7 Å². The fourth-order valence-corrected chi connectivity index (χ4v) is 3.04. The molecular formula is C17H12F3N3O3S. The summed E-state index contributed by atoms with van der Waals surface area (Å²) in [5, 5.41) is -0.573. The van der Waals surface area contributed by atoms with Gasteiger partial charge >= 0.3 is 11.9 Å². The van der Waals surface area contributed by atoms with Crippen LogP contribution in [0.3, 0.4) is 0 Å². The number of hydrogen-bond donors (Lipinski definition) is 1. The van der Waals surface area contributed by atoms with E-state index in [1.165, 1.54) is 25.2 Å². The Kier molecular flexibility index (Phi) is 4.46.